The molecule has 0 saturated carbocycles. The van der Waals surface area contributed by atoms with Crippen LogP contribution >= 0.6 is 0 Å². The summed E-state index contributed by atoms with van der Waals surface area (Å²) in [5, 5.41) is 13.0. The molecular weight excluding hydrogens is 288 g/mol. The van der Waals surface area contributed by atoms with Gasteiger partial charge in [-0.25, -0.2) is 8.78 Å². The third-order valence-corrected chi connectivity index (χ3v) is 3.20. The van der Waals surface area contributed by atoms with Crippen molar-refractivity contribution >= 4 is 0 Å². The number of ether oxygens (including phenoxy) is 1. The summed E-state index contributed by atoms with van der Waals surface area (Å²) < 4.78 is 31.8. The Morgan fingerprint density at radius 3 is 2.73 bits per heavy atom. The molecule has 0 amide bonds. The Bertz CT molecular complexity index is 619. The molecule has 2 N–H and O–H groups in total. The summed E-state index contributed by atoms with van der Waals surface area (Å²) in [6.07, 6.45) is -1.03. The van der Waals surface area contributed by atoms with Crippen molar-refractivity contribution in [2.75, 3.05) is 13.2 Å². The van der Waals surface area contributed by atoms with E-state index in [9.17, 15) is 13.9 Å². The molecule has 1 atom stereocenters. The molecule has 0 aromatic heterocycles. The summed E-state index contributed by atoms with van der Waals surface area (Å²) in [7, 11) is 0. The maximum atomic E-state index is 13.5. The fourth-order valence-electron chi connectivity index (χ4n) is 2.15. The molecular formula is C17H19F2NO2. The van der Waals surface area contributed by atoms with Gasteiger partial charge < -0.3 is 15.2 Å². The molecule has 118 valence electrons. The molecule has 0 aliphatic heterocycles. The number of aliphatic hydroxyl groups is 1. The van der Waals surface area contributed by atoms with E-state index >= 15 is 0 Å². The van der Waals surface area contributed by atoms with Gasteiger partial charge in [-0.2, -0.15) is 0 Å². The zero-order chi connectivity index (χ0) is 15.9. The van der Waals surface area contributed by atoms with Crippen LogP contribution in [0.15, 0.2) is 42.5 Å². The first-order valence-electron chi connectivity index (χ1n) is 7.15. The van der Waals surface area contributed by atoms with Gasteiger partial charge in [0.2, 0.25) is 0 Å². The average molecular weight is 307 g/mol. The Balaban J connectivity index is 1.89. The van der Waals surface area contributed by atoms with E-state index < -0.39 is 17.7 Å². The zero-order valence-electron chi connectivity index (χ0n) is 12.4. The molecule has 0 saturated heterocycles. The molecule has 1 unspecified atom stereocenters. The van der Waals surface area contributed by atoms with Crippen LogP contribution < -0.4 is 10.1 Å². The van der Waals surface area contributed by atoms with E-state index in [1.807, 2.05) is 31.2 Å². The van der Waals surface area contributed by atoms with Gasteiger partial charge in [0.1, 0.15) is 17.4 Å². The highest BCUT2D eigenvalue weighted by atomic mass is 19.1. The van der Waals surface area contributed by atoms with Crippen LogP contribution in [0.4, 0.5) is 8.78 Å². The minimum atomic E-state index is -1.03. The lowest BCUT2D eigenvalue weighted by Crippen LogP contribution is -2.21. The van der Waals surface area contributed by atoms with Crippen molar-refractivity contribution in [3.05, 3.63) is 65.2 Å². The van der Waals surface area contributed by atoms with E-state index in [1.165, 1.54) is 6.07 Å². The summed E-state index contributed by atoms with van der Waals surface area (Å²) >= 11 is 0. The molecule has 22 heavy (non-hydrogen) atoms. The van der Waals surface area contributed by atoms with Crippen LogP contribution in [0.25, 0.3) is 0 Å². The topological polar surface area (TPSA) is 41.5 Å². The minimum absolute atomic E-state index is 0.0805. The van der Waals surface area contributed by atoms with Gasteiger partial charge in [-0.15, -0.1) is 0 Å². The highest BCUT2D eigenvalue weighted by molar-refractivity contribution is 5.28. The summed E-state index contributed by atoms with van der Waals surface area (Å²) in [5.41, 5.74) is 1.08. The van der Waals surface area contributed by atoms with Gasteiger partial charge in [-0.1, -0.05) is 18.2 Å². The van der Waals surface area contributed by atoms with E-state index in [-0.39, 0.29) is 12.1 Å². The van der Waals surface area contributed by atoms with Crippen molar-refractivity contribution in [2.24, 2.45) is 0 Å². The van der Waals surface area contributed by atoms with Crippen LogP contribution in [-0.2, 0) is 6.54 Å². The molecule has 0 aliphatic carbocycles. The molecule has 0 heterocycles. The number of aliphatic hydroxyl groups excluding tert-OH is 1. The Morgan fingerprint density at radius 2 is 2.00 bits per heavy atom. The lowest BCUT2D eigenvalue weighted by Gasteiger charge is -2.13. The molecule has 0 spiro atoms. The normalized spacial score (nSPS) is 12.2. The van der Waals surface area contributed by atoms with Crippen LogP contribution in [0.3, 0.4) is 0 Å². The monoisotopic (exact) mass is 307 g/mol. The predicted octanol–water partition coefficient (Wildman–Crippen LogP) is 3.19. The second kappa shape index (κ2) is 7.87. The van der Waals surface area contributed by atoms with E-state index in [0.717, 1.165) is 23.4 Å². The number of hydrogen-bond acceptors (Lipinski definition) is 3. The Kier molecular flexibility index (Phi) is 5.86. The SMILES string of the molecule is CCOc1cccc(CNCC(O)c2ccc(F)cc2F)c1. The highest BCUT2D eigenvalue weighted by Crippen LogP contribution is 2.18. The highest BCUT2D eigenvalue weighted by Gasteiger charge is 2.13. The summed E-state index contributed by atoms with van der Waals surface area (Å²) in [6, 6.07) is 10.7. The second-order valence-corrected chi connectivity index (χ2v) is 4.89. The molecule has 0 bridgehead atoms. The first-order valence-corrected chi connectivity index (χ1v) is 7.15. The predicted molar refractivity (Wildman–Crippen MR) is 80.6 cm³/mol. The molecule has 2 aromatic rings. The van der Waals surface area contributed by atoms with Gasteiger partial charge in [0, 0.05) is 24.7 Å². The van der Waals surface area contributed by atoms with Gasteiger partial charge in [0.05, 0.1) is 12.7 Å². The third-order valence-electron chi connectivity index (χ3n) is 3.20. The van der Waals surface area contributed by atoms with E-state index in [4.69, 9.17) is 4.74 Å². The number of hydrogen-bond donors (Lipinski definition) is 2. The molecule has 3 nitrogen and oxygen atoms in total. The van der Waals surface area contributed by atoms with Crippen molar-refractivity contribution < 1.29 is 18.6 Å². The summed E-state index contributed by atoms with van der Waals surface area (Å²) in [5.74, 6) is -0.617. The second-order valence-electron chi connectivity index (χ2n) is 4.89. The number of halogens is 2. The fourth-order valence-corrected chi connectivity index (χ4v) is 2.15. The van der Waals surface area contributed by atoms with Gasteiger partial charge >= 0.3 is 0 Å². The summed E-state index contributed by atoms with van der Waals surface area (Å²) in [6.45, 7) is 3.19. The van der Waals surface area contributed by atoms with Gasteiger partial charge in [-0.05, 0) is 30.7 Å². The molecule has 2 rings (SSSR count). The van der Waals surface area contributed by atoms with E-state index in [0.29, 0.717) is 13.2 Å². The third kappa shape index (κ3) is 4.51. The van der Waals surface area contributed by atoms with Crippen molar-refractivity contribution in [1.82, 2.24) is 5.32 Å². The van der Waals surface area contributed by atoms with Crippen molar-refractivity contribution in [2.45, 2.75) is 19.6 Å². The lowest BCUT2D eigenvalue weighted by molar-refractivity contribution is 0.169. The molecule has 0 radical (unpaired) electrons. The van der Waals surface area contributed by atoms with E-state index in [1.54, 1.807) is 0 Å². The van der Waals surface area contributed by atoms with Crippen LogP contribution in [0.5, 0.6) is 5.75 Å². The van der Waals surface area contributed by atoms with E-state index in [2.05, 4.69) is 5.32 Å². The van der Waals surface area contributed by atoms with Crippen LogP contribution in [0.1, 0.15) is 24.2 Å². The Hall–Kier alpha value is -1.98. The van der Waals surface area contributed by atoms with Crippen LogP contribution in [0.2, 0.25) is 0 Å². The van der Waals surface area contributed by atoms with Crippen LogP contribution in [0, 0.1) is 11.6 Å². The molecule has 0 fully saturated rings. The van der Waals surface area contributed by atoms with Gasteiger partial charge in [0.25, 0.3) is 0 Å². The fraction of sp³-hybridized carbons (Fsp3) is 0.294. The Labute approximate surface area is 128 Å². The maximum Gasteiger partial charge on any atom is 0.131 e. The zero-order valence-corrected chi connectivity index (χ0v) is 12.4. The number of rotatable bonds is 7. The Morgan fingerprint density at radius 1 is 1.18 bits per heavy atom. The molecule has 5 heteroatoms. The van der Waals surface area contributed by atoms with Crippen molar-refractivity contribution in [1.29, 1.82) is 0 Å². The summed E-state index contributed by atoms with van der Waals surface area (Å²) in [4.78, 5) is 0. The smallest absolute Gasteiger partial charge is 0.131 e. The molecule has 0 aliphatic rings. The number of benzene rings is 2. The maximum absolute atomic E-state index is 13.5. The minimum Gasteiger partial charge on any atom is -0.494 e. The van der Waals surface area contributed by atoms with Crippen molar-refractivity contribution in [3.8, 4) is 5.75 Å². The molecule has 2 aromatic carbocycles. The quantitative estimate of drug-likeness (QED) is 0.825. The first-order chi connectivity index (χ1) is 10.6. The first kappa shape index (κ1) is 16.4. The lowest BCUT2D eigenvalue weighted by atomic mass is 10.1. The van der Waals surface area contributed by atoms with Crippen molar-refractivity contribution in [3.63, 3.8) is 0 Å². The standard InChI is InChI=1S/C17H19F2NO2/c1-2-22-14-5-3-4-12(8-14)10-20-11-17(21)15-7-6-13(18)9-16(15)19/h3-9,17,20-21H,2,10-11H2,1H3. The van der Waals surface area contributed by atoms with Gasteiger partial charge in [0.15, 0.2) is 0 Å². The largest absolute Gasteiger partial charge is 0.494 e. The average Bonchev–Trinajstić information content (AvgIpc) is 2.48. The van der Waals surface area contributed by atoms with Gasteiger partial charge in [-0.3, -0.25) is 0 Å². The van der Waals surface area contributed by atoms with Crippen LogP contribution in [-0.4, -0.2) is 18.3 Å². The number of nitrogens with one attached hydrogen (secondary N) is 1.